The highest BCUT2D eigenvalue weighted by atomic mass is 32.2. The molecule has 2 N–H and O–H groups in total. The predicted octanol–water partition coefficient (Wildman–Crippen LogP) is 0.559. The molecule has 1 fully saturated rings. The van der Waals surface area contributed by atoms with Crippen molar-refractivity contribution in [3.05, 3.63) is 0 Å². The Labute approximate surface area is 57.0 Å². The molecule has 0 aliphatic carbocycles. The first-order chi connectivity index (χ1) is 4.11. The number of hydrogen-bond acceptors (Lipinski definition) is 3. The summed E-state index contributed by atoms with van der Waals surface area (Å²) in [5.74, 6) is 0. The van der Waals surface area contributed by atoms with E-state index >= 15 is 0 Å². The molecular formula is C3H7O4PS. The lowest BCUT2D eigenvalue weighted by Gasteiger charge is -2.06. The van der Waals surface area contributed by atoms with Crippen molar-refractivity contribution in [1.29, 1.82) is 0 Å². The summed E-state index contributed by atoms with van der Waals surface area (Å²) in [5.41, 5.74) is 0. The molecule has 4 nitrogen and oxygen atoms in total. The second-order valence-corrected chi connectivity index (χ2v) is 4.90. The molecule has 0 radical (unpaired) electrons. The molecule has 1 rings (SSSR count). The highest BCUT2D eigenvalue weighted by Crippen LogP contribution is 2.51. The molecule has 1 saturated heterocycles. The van der Waals surface area contributed by atoms with Gasteiger partial charge in [0.25, 0.3) is 0 Å². The molecule has 0 saturated carbocycles. The maximum atomic E-state index is 10.4. The highest BCUT2D eigenvalue weighted by Gasteiger charge is 2.33. The summed E-state index contributed by atoms with van der Waals surface area (Å²) < 4.78 is 15.1. The summed E-state index contributed by atoms with van der Waals surface area (Å²) in [6.45, 7) is 0.445. The lowest BCUT2D eigenvalue weighted by atomic mass is 10.5. The van der Waals surface area contributed by atoms with Crippen LogP contribution in [-0.4, -0.2) is 21.4 Å². The number of rotatable bonds is 1. The third kappa shape index (κ3) is 1.95. The van der Waals surface area contributed by atoms with E-state index in [-0.39, 0.29) is 0 Å². The van der Waals surface area contributed by atoms with Gasteiger partial charge in [-0.1, -0.05) is 0 Å². The normalized spacial score (nSPS) is 28.9. The first kappa shape index (κ1) is 7.57. The summed E-state index contributed by atoms with van der Waals surface area (Å²) in [5, 5.41) is 0. The first-order valence-electron chi connectivity index (χ1n) is 2.44. The Morgan fingerprint density at radius 3 is 2.56 bits per heavy atom. The Balaban J connectivity index is 2.52. The monoisotopic (exact) mass is 170 g/mol. The first-order valence-corrected chi connectivity index (χ1v) is 4.93. The molecule has 9 heavy (non-hydrogen) atoms. The minimum absolute atomic E-state index is 0.445. The third-order valence-electron chi connectivity index (χ3n) is 1.00. The van der Waals surface area contributed by atoms with Crippen LogP contribution in [0, 0.1) is 0 Å². The van der Waals surface area contributed by atoms with Crippen LogP contribution in [0.4, 0.5) is 0 Å². The van der Waals surface area contributed by atoms with E-state index < -0.39 is 12.6 Å². The molecule has 1 heterocycles. The van der Waals surface area contributed by atoms with E-state index in [1.165, 1.54) is 0 Å². The zero-order valence-corrected chi connectivity index (χ0v) is 6.27. The molecule has 0 spiro atoms. The smallest absolute Gasteiger partial charge is 0.324 e. The number of hydrogen-bond donors (Lipinski definition) is 2. The van der Waals surface area contributed by atoms with Gasteiger partial charge in [-0.05, 0) is 6.42 Å². The maximum Gasteiger partial charge on any atom is 0.340 e. The van der Waals surface area contributed by atoms with E-state index in [9.17, 15) is 4.57 Å². The quantitative estimate of drug-likeness (QED) is 0.444. The van der Waals surface area contributed by atoms with Gasteiger partial charge in [0, 0.05) is 12.0 Å². The Bertz CT molecular complexity index is 137. The minimum atomic E-state index is -3.88. The van der Waals surface area contributed by atoms with Gasteiger partial charge in [0.05, 0.1) is 6.61 Å². The van der Waals surface area contributed by atoms with E-state index in [0.717, 1.165) is 12.0 Å². The van der Waals surface area contributed by atoms with Crippen LogP contribution in [-0.2, 0) is 8.75 Å². The van der Waals surface area contributed by atoms with Crippen LogP contribution in [0.25, 0.3) is 0 Å². The summed E-state index contributed by atoms with van der Waals surface area (Å²) >= 11 is 0.886. The van der Waals surface area contributed by atoms with Crippen molar-refractivity contribution in [2.24, 2.45) is 0 Å². The van der Waals surface area contributed by atoms with Gasteiger partial charge in [0.15, 0.2) is 0 Å². The van der Waals surface area contributed by atoms with Crippen molar-refractivity contribution >= 4 is 19.6 Å². The standard InChI is InChI=1S/C3H7O4PS/c4-8(5,6)3-1-2-7-9-3/h3H,1-2H2,(H2,4,5,6). The van der Waals surface area contributed by atoms with Crippen molar-refractivity contribution in [1.82, 2.24) is 0 Å². The van der Waals surface area contributed by atoms with Crippen LogP contribution in [0.1, 0.15) is 6.42 Å². The minimum Gasteiger partial charge on any atom is -0.324 e. The largest absolute Gasteiger partial charge is 0.340 e. The van der Waals surface area contributed by atoms with Crippen molar-refractivity contribution in [2.45, 2.75) is 11.4 Å². The topological polar surface area (TPSA) is 66.8 Å². The molecule has 0 aromatic heterocycles. The molecule has 0 aromatic rings. The van der Waals surface area contributed by atoms with E-state index in [4.69, 9.17) is 14.0 Å². The van der Waals surface area contributed by atoms with Crippen LogP contribution < -0.4 is 0 Å². The maximum absolute atomic E-state index is 10.4. The molecular weight excluding hydrogens is 163 g/mol. The molecule has 1 aliphatic rings. The van der Waals surface area contributed by atoms with Crippen LogP contribution in [0.2, 0.25) is 0 Å². The van der Waals surface area contributed by atoms with Crippen LogP contribution >= 0.6 is 19.6 Å². The SMILES string of the molecule is O=P(O)(O)C1CCOS1. The van der Waals surface area contributed by atoms with Gasteiger partial charge in [-0.25, -0.2) is 0 Å². The van der Waals surface area contributed by atoms with E-state index in [1.807, 2.05) is 0 Å². The summed E-state index contributed by atoms with van der Waals surface area (Å²) in [6.07, 6.45) is 0.453. The van der Waals surface area contributed by atoms with E-state index in [0.29, 0.717) is 13.0 Å². The van der Waals surface area contributed by atoms with Gasteiger partial charge in [0.1, 0.15) is 4.99 Å². The fraction of sp³-hybridized carbons (Fsp3) is 1.00. The van der Waals surface area contributed by atoms with Gasteiger partial charge in [0.2, 0.25) is 0 Å². The van der Waals surface area contributed by atoms with Gasteiger partial charge in [-0.2, -0.15) is 0 Å². The molecule has 1 unspecified atom stereocenters. The Morgan fingerprint density at radius 2 is 2.33 bits per heavy atom. The van der Waals surface area contributed by atoms with Crippen molar-refractivity contribution in [3.63, 3.8) is 0 Å². The predicted molar refractivity (Wildman–Crippen MR) is 34.0 cm³/mol. The average molecular weight is 170 g/mol. The van der Waals surface area contributed by atoms with Gasteiger partial charge in [-0.3, -0.25) is 4.57 Å². The van der Waals surface area contributed by atoms with E-state index in [1.54, 1.807) is 0 Å². The summed E-state index contributed by atoms with van der Waals surface area (Å²) in [6, 6.07) is 0. The third-order valence-corrected chi connectivity index (χ3v) is 3.85. The molecule has 6 heteroatoms. The molecule has 0 bridgehead atoms. The lowest BCUT2D eigenvalue weighted by molar-refractivity contribution is 0.364. The van der Waals surface area contributed by atoms with Crippen LogP contribution in [0.3, 0.4) is 0 Å². The van der Waals surface area contributed by atoms with Gasteiger partial charge < -0.3 is 14.0 Å². The second-order valence-electron chi connectivity index (χ2n) is 1.75. The molecule has 0 aromatic carbocycles. The van der Waals surface area contributed by atoms with E-state index in [2.05, 4.69) is 0 Å². The zero-order valence-electron chi connectivity index (χ0n) is 4.56. The van der Waals surface area contributed by atoms with Gasteiger partial charge >= 0.3 is 7.60 Å². The second kappa shape index (κ2) is 2.60. The highest BCUT2D eigenvalue weighted by molar-refractivity contribution is 8.01. The van der Waals surface area contributed by atoms with Crippen molar-refractivity contribution in [3.8, 4) is 0 Å². The Hall–Kier alpha value is 0.460. The zero-order chi connectivity index (χ0) is 6.91. The fourth-order valence-electron chi connectivity index (χ4n) is 0.548. The molecule has 54 valence electrons. The van der Waals surface area contributed by atoms with Gasteiger partial charge in [-0.15, -0.1) is 0 Å². The van der Waals surface area contributed by atoms with Crippen molar-refractivity contribution in [2.75, 3.05) is 6.61 Å². The Morgan fingerprint density at radius 1 is 1.67 bits per heavy atom. The Kier molecular flexibility index (Phi) is 2.18. The molecule has 0 amide bonds. The fourth-order valence-corrected chi connectivity index (χ4v) is 2.16. The molecule has 1 aliphatic heterocycles. The summed E-state index contributed by atoms with van der Waals surface area (Å²) in [7, 11) is -3.88. The van der Waals surface area contributed by atoms with Crippen molar-refractivity contribution < 1.29 is 18.5 Å². The average Bonchev–Trinajstić information content (AvgIpc) is 2.08. The summed E-state index contributed by atoms with van der Waals surface area (Å²) in [4.78, 5) is 16.4. The van der Waals surface area contributed by atoms with Crippen LogP contribution in [0.5, 0.6) is 0 Å². The lowest BCUT2D eigenvalue weighted by Crippen LogP contribution is -1.97. The molecule has 1 atom stereocenters. The van der Waals surface area contributed by atoms with Crippen LogP contribution in [0.15, 0.2) is 0 Å².